The number of alkyl carbamates (subject to hydrolysis) is 1. The van der Waals surface area contributed by atoms with Crippen LogP contribution in [0.2, 0.25) is 0 Å². The van der Waals surface area contributed by atoms with Gasteiger partial charge in [-0.15, -0.1) is 0 Å². The lowest BCUT2D eigenvalue weighted by Gasteiger charge is -2.23. The third-order valence-corrected chi connectivity index (χ3v) is 6.79. The van der Waals surface area contributed by atoms with Crippen molar-refractivity contribution in [2.24, 2.45) is 11.8 Å². The van der Waals surface area contributed by atoms with Crippen molar-refractivity contribution in [1.29, 1.82) is 0 Å². The van der Waals surface area contributed by atoms with Gasteiger partial charge in [0.05, 0.1) is 12.0 Å². The number of hydrogen-bond donors (Lipinski definition) is 4. The summed E-state index contributed by atoms with van der Waals surface area (Å²) >= 11 is 0. The Morgan fingerprint density at radius 2 is 1.63 bits per heavy atom. The molecule has 2 amide bonds. The lowest BCUT2D eigenvalue weighted by molar-refractivity contribution is -0.142. The third kappa shape index (κ3) is 6.39. The fourth-order valence-electron chi connectivity index (χ4n) is 4.82. The number of fused-ring (bicyclic) bond motifs is 3. The van der Waals surface area contributed by atoms with Gasteiger partial charge >= 0.3 is 12.1 Å². The fraction of sp³-hybridized carbons (Fsp3) is 0.444. The van der Waals surface area contributed by atoms with Gasteiger partial charge in [-0.1, -0.05) is 48.5 Å². The van der Waals surface area contributed by atoms with Gasteiger partial charge in [-0.3, -0.25) is 9.59 Å². The number of nitrogens with one attached hydrogen (secondary N) is 2. The number of hydrogen-bond acceptors (Lipinski definition) is 5. The molecule has 4 N–H and O–H groups in total. The number of aliphatic hydroxyl groups is 1. The second-order valence-corrected chi connectivity index (χ2v) is 9.85. The Hall–Kier alpha value is -3.39. The monoisotopic (exact) mass is 480 g/mol. The Kier molecular flexibility index (Phi) is 7.40. The molecule has 1 saturated carbocycles. The molecular formula is C27H32N2O6. The van der Waals surface area contributed by atoms with Crippen LogP contribution in [-0.4, -0.2) is 53.5 Å². The molecule has 35 heavy (non-hydrogen) atoms. The molecule has 2 unspecified atom stereocenters. The van der Waals surface area contributed by atoms with Gasteiger partial charge in [0.1, 0.15) is 6.61 Å². The molecule has 2 aliphatic carbocycles. The molecule has 0 aliphatic heterocycles. The van der Waals surface area contributed by atoms with Crippen LogP contribution in [0, 0.1) is 11.8 Å². The normalized spacial score (nSPS) is 17.0. The SMILES string of the molecule is CC(O)(CNC(=O)CC(CNC(=O)OCC1c2ccccc2-c2ccccc21)C1CC1)CC(=O)O. The zero-order chi connectivity index (χ0) is 25.0. The van der Waals surface area contributed by atoms with Gasteiger partial charge in [-0.25, -0.2) is 4.79 Å². The second kappa shape index (κ2) is 10.5. The topological polar surface area (TPSA) is 125 Å². The number of carbonyl (C=O) groups is 3. The predicted octanol–water partition coefficient (Wildman–Crippen LogP) is 3.28. The molecule has 2 atom stereocenters. The summed E-state index contributed by atoms with van der Waals surface area (Å²) < 4.78 is 5.59. The highest BCUT2D eigenvalue weighted by molar-refractivity contribution is 5.79. The third-order valence-electron chi connectivity index (χ3n) is 6.79. The van der Waals surface area contributed by atoms with Gasteiger partial charge in [0, 0.05) is 25.4 Å². The van der Waals surface area contributed by atoms with Gasteiger partial charge in [0.25, 0.3) is 0 Å². The maximum atomic E-state index is 12.5. The zero-order valence-electron chi connectivity index (χ0n) is 19.8. The highest BCUT2D eigenvalue weighted by Gasteiger charge is 2.34. The van der Waals surface area contributed by atoms with Crippen LogP contribution in [0.5, 0.6) is 0 Å². The van der Waals surface area contributed by atoms with E-state index in [0.717, 1.165) is 24.0 Å². The molecular weight excluding hydrogens is 448 g/mol. The minimum atomic E-state index is -1.52. The number of carboxylic acid groups (broad SMARTS) is 1. The molecule has 0 spiro atoms. The van der Waals surface area contributed by atoms with E-state index in [4.69, 9.17) is 9.84 Å². The number of ether oxygens (including phenoxy) is 1. The molecule has 0 heterocycles. The first kappa shape index (κ1) is 24.7. The number of carboxylic acids is 1. The van der Waals surface area contributed by atoms with E-state index in [1.165, 1.54) is 18.1 Å². The maximum Gasteiger partial charge on any atom is 0.407 e. The number of aliphatic carboxylic acids is 1. The van der Waals surface area contributed by atoms with Gasteiger partial charge in [0.15, 0.2) is 0 Å². The predicted molar refractivity (Wildman–Crippen MR) is 130 cm³/mol. The zero-order valence-corrected chi connectivity index (χ0v) is 19.8. The van der Waals surface area contributed by atoms with Crippen LogP contribution in [0.15, 0.2) is 48.5 Å². The van der Waals surface area contributed by atoms with E-state index >= 15 is 0 Å². The Labute approximate surface area is 204 Å². The molecule has 0 radical (unpaired) electrons. The number of amides is 2. The number of benzene rings is 2. The molecule has 0 saturated heterocycles. The molecule has 0 bridgehead atoms. The first-order chi connectivity index (χ1) is 16.7. The van der Waals surface area contributed by atoms with Gasteiger partial charge in [0.2, 0.25) is 5.91 Å². The molecule has 0 aromatic heterocycles. The summed E-state index contributed by atoms with van der Waals surface area (Å²) in [6, 6.07) is 16.3. The number of carbonyl (C=O) groups excluding carboxylic acids is 2. The molecule has 186 valence electrons. The highest BCUT2D eigenvalue weighted by atomic mass is 16.5. The van der Waals surface area contributed by atoms with Crippen molar-refractivity contribution < 1.29 is 29.3 Å². The lowest BCUT2D eigenvalue weighted by Crippen LogP contribution is -2.43. The average Bonchev–Trinajstić information content (AvgIpc) is 3.61. The Balaban J connectivity index is 1.26. The average molecular weight is 481 g/mol. The van der Waals surface area contributed by atoms with Crippen molar-refractivity contribution in [3.8, 4) is 11.1 Å². The summed E-state index contributed by atoms with van der Waals surface area (Å²) in [4.78, 5) is 35.7. The Morgan fingerprint density at radius 1 is 1.03 bits per heavy atom. The van der Waals surface area contributed by atoms with Crippen LogP contribution in [-0.2, 0) is 14.3 Å². The van der Waals surface area contributed by atoms with E-state index < -0.39 is 24.1 Å². The summed E-state index contributed by atoms with van der Waals surface area (Å²) in [5, 5.41) is 24.3. The second-order valence-electron chi connectivity index (χ2n) is 9.85. The molecule has 2 aliphatic rings. The van der Waals surface area contributed by atoms with Gasteiger partial charge in [-0.2, -0.15) is 0 Å². The summed E-state index contributed by atoms with van der Waals surface area (Å²) in [7, 11) is 0. The van der Waals surface area contributed by atoms with E-state index in [1.54, 1.807) is 0 Å². The van der Waals surface area contributed by atoms with Crippen molar-refractivity contribution in [2.75, 3.05) is 19.7 Å². The van der Waals surface area contributed by atoms with E-state index in [1.807, 2.05) is 24.3 Å². The van der Waals surface area contributed by atoms with Crippen molar-refractivity contribution in [1.82, 2.24) is 10.6 Å². The molecule has 4 rings (SSSR count). The quantitative estimate of drug-likeness (QED) is 0.391. The first-order valence-electron chi connectivity index (χ1n) is 12.0. The minimum Gasteiger partial charge on any atom is -0.481 e. The van der Waals surface area contributed by atoms with Crippen molar-refractivity contribution in [3.05, 3.63) is 59.7 Å². The Morgan fingerprint density at radius 3 is 2.20 bits per heavy atom. The van der Waals surface area contributed by atoms with Crippen LogP contribution in [0.1, 0.15) is 49.7 Å². The lowest BCUT2D eigenvalue weighted by atomic mass is 9.98. The van der Waals surface area contributed by atoms with E-state index in [-0.39, 0.29) is 37.3 Å². The van der Waals surface area contributed by atoms with Crippen LogP contribution < -0.4 is 10.6 Å². The largest absolute Gasteiger partial charge is 0.481 e. The van der Waals surface area contributed by atoms with Crippen molar-refractivity contribution in [3.63, 3.8) is 0 Å². The van der Waals surface area contributed by atoms with E-state index in [9.17, 15) is 19.5 Å². The molecule has 8 heteroatoms. The van der Waals surface area contributed by atoms with E-state index in [0.29, 0.717) is 12.5 Å². The summed E-state index contributed by atoms with van der Waals surface area (Å²) in [6.45, 7) is 1.78. The van der Waals surface area contributed by atoms with Crippen LogP contribution >= 0.6 is 0 Å². The van der Waals surface area contributed by atoms with Crippen LogP contribution in [0.3, 0.4) is 0 Å². The van der Waals surface area contributed by atoms with Crippen molar-refractivity contribution >= 4 is 18.0 Å². The number of rotatable bonds is 11. The standard InChI is InChI=1S/C27H32N2O6/c1-27(34,13-25(31)32)16-29-24(30)12-18(17-10-11-17)14-28-26(33)35-15-23-21-8-4-2-6-19(21)20-7-3-5-9-22(20)23/h2-9,17-18,23,34H,10-16H2,1H3,(H,28,33)(H,29,30)(H,31,32). The highest BCUT2D eigenvalue weighted by Crippen LogP contribution is 2.44. The van der Waals surface area contributed by atoms with Crippen LogP contribution in [0.4, 0.5) is 4.79 Å². The molecule has 8 nitrogen and oxygen atoms in total. The summed E-state index contributed by atoms with van der Waals surface area (Å²) in [6.07, 6.45) is 1.23. The smallest absolute Gasteiger partial charge is 0.407 e. The first-order valence-corrected chi connectivity index (χ1v) is 12.0. The summed E-state index contributed by atoms with van der Waals surface area (Å²) in [5.74, 6) is -1.11. The van der Waals surface area contributed by atoms with Crippen LogP contribution in [0.25, 0.3) is 11.1 Å². The molecule has 2 aromatic rings. The van der Waals surface area contributed by atoms with E-state index in [2.05, 4.69) is 34.9 Å². The Bertz CT molecular complexity index is 1050. The van der Waals surface area contributed by atoms with Crippen molar-refractivity contribution in [2.45, 2.75) is 44.1 Å². The van der Waals surface area contributed by atoms with Gasteiger partial charge in [-0.05, 0) is 53.9 Å². The molecule has 1 fully saturated rings. The maximum absolute atomic E-state index is 12.5. The molecule has 2 aromatic carbocycles. The minimum absolute atomic E-state index is 0.0169. The van der Waals surface area contributed by atoms with Gasteiger partial charge < -0.3 is 25.6 Å². The fourth-order valence-corrected chi connectivity index (χ4v) is 4.82. The summed E-state index contributed by atoms with van der Waals surface area (Å²) in [5.41, 5.74) is 3.11.